The first-order chi connectivity index (χ1) is 15.1. The van der Waals surface area contributed by atoms with E-state index in [0.29, 0.717) is 11.1 Å². The predicted octanol–water partition coefficient (Wildman–Crippen LogP) is 7.01. The van der Waals surface area contributed by atoms with E-state index in [1.165, 1.54) is 24.5 Å². The lowest BCUT2D eigenvalue weighted by Crippen LogP contribution is -1.86. The van der Waals surface area contributed by atoms with Gasteiger partial charge in [0.25, 0.3) is 0 Å². The molecular formula is C28H22FNS. The van der Waals surface area contributed by atoms with E-state index >= 15 is 0 Å². The van der Waals surface area contributed by atoms with Gasteiger partial charge in [-0.1, -0.05) is 49.2 Å². The lowest BCUT2D eigenvalue weighted by molar-refractivity contribution is 0.628. The van der Waals surface area contributed by atoms with Gasteiger partial charge >= 0.3 is 0 Å². The van der Waals surface area contributed by atoms with E-state index in [9.17, 15) is 4.39 Å². The molecule has 0 saturated carbocycles. The molecule has 0 saturated heterocycles. The van der Waals surface area contributed by atoms with Gasteiger partial charge in [0, 0.05) is 22.3 Å². The number of aryl methyl sites for hydroxylation is 2. The number of nitrogens with zero attached hydrogens (tertiary/aromatic N) is 1. The molecule has 3 rings (SSSR count). The second kappa shape index (κ2) is 11.1. The fourth-order valence-electron chi connectivity index (χ4n) is 3.06. The molecule has 0 atom stereocenters. The van der Waals surface area contributed by atoms with Crippen molar-refractivity contribution >= 4 is 23.1 Å². The summed E-state index contributed by atoms with van der Waals surface area (Å²) < 4.78 is 14.1. The van der Waals surface area contributed by atoms with Crippen molar-refractivity contribution in [3.63, 3.8) is 0 Å². The third-order valence-corrected chi connectivity index (χ3v) is 4.86. The average Bonchev–Trinajstić information content (AvgIpc) is 2.78. The highest BCUT2D eigenvalue weighted by molar-refractivity contribution is 7.78. The average molecular weight is 424 g/mol. The molecule has 3 aromatic carbocycles. The van der Waals surface area contributed by atoms with E-state index in [-0.39, 0.29) is 5.69 Å². The number of hydrogen-bond donors (Lipinski definition) is 0. The molecule has 0 aliphatic heterocycles. The molecule has 0 aromatic heterocycles. The van der Waals surface area contributed by atoms with Crippen LogP contribution in [0.15, 0.2) is 65.7 Å². The fourth-order valence-corrected chi connectivity index (χ4v) is 3.15. The Morgan fingerprint density at radius 1 is 0.806 bits per heavy atom. The van der Waals surface area contributed by atoms with Crippen LogP contribution in [0.1, 0.15) is 53.1 Å². The number of halogens is 1. The van der Waals surface area contributed by atoms with E-state index in [0.717, 1.165) is 23.1 Å². The van der Waals surface area contributed by atoms with Gasteiger partial charge < -0.3 is 0 Å². The Labute approximate surface area is 189 Å². The van der Waals surface area contributed by atoms with Crippen LogP contribution in [0, 0.1) is 36.4 Å². The molecule has 0 aliphatic rings. The molecule has 0 aliphatic carbocycles. The summed E-state index contributed by atoms with van der Waals surface area (Å²) in [6.45, 7) is 3.97. The highest BCUT2D eigenvalue weighted by Crippen LogP contribution is 2.23. The first-order valence-electron chi connectivity index (χ1n) is 10.2. The number of rotatable bonds is 4. The zero-order chi connectivity index (χ0) is 22.1. The third-order valence-electron chi connectivity index (χ3n) is 4.77. The van der Waals surface area contributed by atoms with Crippen LogP contribution in [0.5, 0.6) is 0 Å². The molecular weight excluding hydrogens is 401 g/mol. The highest BCUT2D eigenvalue weighted by atomic mass is 32.1. The zero-order valence-corrected chi connectivity index (χ0v) is 18.4. The first kappa shape index (κ1) is 22.2. The predicted molar refractivity (Wildman–Crippen MR) is 129 cm³/mol. The van der Waals surface area contributed by atoms with Crippen LogP contribution in [0.2, 0.25) is 0 Å². The minimum Gasteiger partial charge on any atom is -0.205 e. The molecule has 3 heteroatoms. The Kier molecular flexibility index (Phi) is 7.91. The first-order valence-corrected chi connectivity index (χ1v) is 10.6. The molecule has 0 radical (unpaired) electrons. The smallest absolute Gasteiger partial charge is 0.151 e. The number of unbranched alkanes of at least 4 members (excludes halogenated alkanes) is 1. The Morgan fingerprint density at radius 3 is 1.81 bits per heavy atom. The summed E-state index contributed by atoms with van der Waals surface area (Å²) in [5.74, 6) is 12.0. The van der Waals surface area contributed by atoms with Crippen molar-refractivity contribution in [2.75, 3.05) is 0 Å². The standard InChI is InChI=1S/C28H22FNS/c1-3-4-5-22-6-8-23(9-7-22)10-11-24-12-14-25(15-13-24)16-17-26-18-21(2)28(30-20-31)27(29)19-26/h6-9,12-15,18-19H,3-5H2,1-2H3. The van der Waals surface area contributed by atoms with E-state index in [1.807, 2.05) is 24.3 Å². The van der Waals surface area contributed by atoms with E-state index in [1.54, 1.807) is 13.0 Å². The van der Waals surface area contributed by atoms with Crippen LogP contribution in [-0.2, 0) is 6.42 Å². The second-order valence-corrected chi connectivity index (χ2v) is 7.39. The topological polar surface area (TPSA) is 12.4 Å². The van der Waals surface area contributed by atoms with Crippen LogP contribution in [-0.4, -0.2) is 5.16 Å². The number of aliphatic imine (C=N–C) groups is 1. The Bertz CT molecular complexity index is 1200. The molecule has 0 amide bonds. The Balaban J connectivity index is 1.70. The van der Waals surface area contributed by atoms with Crippen molar-refractivity contribution < 1.29 is 4.39 Å². The largest absolute Gasteiger partial charge is 0.205 e. The van der Waals surface area contributed by atoms with Crippen LogP contribution >= 0.6 is 12.2 Å². The van der Waals surface area contributed by atoms with Gasteiger partial charge in [-0.2, -0.15) is 4.99 Å². The highest BCUT2D eigenvalue weighted by Gasteiger charge is 2.05. The molecule has 1 nitrogen and oxygen atoms in total. The number of hydrogen-bond acceptors (Lipinski definition) is 2. The molecule has 0 unspecified atom stereocenters. The summed E-state index contributed by atoms with van der Waals surface area (Å²) in [6.07, 6.45) is 3.53. The minimum atomic E-state index is -0.453. The Hall–Kier alpha value is -3.49. The second-order valence-electron chi connectivity index (χ2n) is 7.20. The van der Waals surface area contributed by atoms with Crippen LogP contribution in [0.3, 0.4) is 0 Å². The van der Waals surface area contributed by atoms with Crippen molar-refractivity contribution in [2.24, 2.45) is 4.99 Å². The summed E-state index contributed by atoms with van der Waals surface area (Å²) in [4.78, 5) is 3.76. The van der Waals surface area contributed by atoms with Crippen molar-refractivity contribution in [3.05, 3.63) is 99.9 Å². The van der Waals surface area contributed by atoms with E-state index in [2.05, 4.69) is 77.2 Å². The van der Waals surface area contributed by atoms with Gasteiger partial charge in [-0.3, -0.25) is 0 Å². The van der Waals surface area contributed by atoms with Gasteiger partial charge in [0.15, 0.2) is 5.82 Å². The van der Waals surface area contributed by atoms with Gasteiger partial charge in [-0.25, -0.2) is 4.39 Å². The Morgan fingerprint density at radius 2 is 1.32 bits per heavy atom. The monoisotopic (exact) mass is 423 g/mol. The van der Waals surface area contributed by atoms with Crippen LogP contribution < -0.4 is 0 Å². The van der Waals surface area contributed by atoms with Crippen LogP contribution in [0.4, 0.5) is 10.1 Å². The number of thiocarbonyl (C=S) groups is 1. The molecule has 31 heavy (non-hydrogen) atoms. The quantitative estimate of drug-likeness (QED) is 0.250. The number of benzene rings is 3. The summed E-state index contributed by atoms with van der Waals surface area (Å²) >= 11 is 4.56. The van der Waals surface area contributed by atoms with Gasteiger partial charge in [-0.15, -0.1) is 0 Å². The third kappa shape index (κ3) is 6.50. The lowest BCUT2D eigenvalue weighted by Gasteiger charge is -2.01. The van der Waals surface area contributed by atoms with Crippen molar-refractivity contribution in [1.29, 1.82) is 0 Å². The number of isothiocyanates is 1. The van der Waals surface area contributed by atoms with Gasteiger partial charge in [0.1, 0.15) is 5.69 Å². The maximum absolute atomic E-state index is 14.1. The molecule has 152 valence electrons. The van der Waals surface area contributed by atoms with Gasteiger partial charge in [0.2, 0.25) is 0 Å². The summed E-state index contributed by atoms with van der Waals surface area (Å²) in [5, 5.41) is 2.20. The minimum absolute atomic E-state index is 0.207. The van der Waals surface area contributed by atoms with E-state index < -0.39 is 5.82 Å². The molecule has 0 N–H and O–H groups in total. The van der Waals surface area contributed by atoms with E-state index in [4.69, 9.17) is 0 Å². The zero-order valence-electron chi connectivity index (χ0n) is 17.6. The van der Waals surface area contributed by atoms with Gasteiger partial charge in [0.05, 0.1) is 5.16 Å². The maximum Gasteiger partial charge on any atom is 0.151 e. The van der Waals surface area contributed by atoms with Crippen LogP contribution in [0.25, 0.3) is 0 Å². The molecule has 0 fully saturated rings. The van der Waals surface area contributed by atoms with Crippen molar-refractivity contribution in [1.82, 2.24) is 0 Å². The SMILES string of the molecule is CCCCc1ccc(C#Cc2ccc(C#Cc3cc(C)c(N=C=S)c(F)c3)cc2)cc1. The molecule has 0 bridgehead atoms. The summed E-state index contributed by atoms with van der Waals surface area (Å²) in [7, 11) is 0. The normalized spacial score (nSPS) is 9.65. The summed E-state index contributed by atoms with van der Waals surface area (Å²) in [5.41, 5.74) is 5.58. The lowest BCUT2D eigenvalue weighted by atomic mass is 10.1. The van der Waals surface area contributed by atoms with Crippen molar-refractivity contribution in [2.45, 2.75) is 33.1 Å². The maximum atomic E-state index is 14.1. The molecule has 0 spiro atoms. The summed E-state index contributed by atoms with van der Waals surface area (Å²) in [6, 6.07) is 19.3. The van der Waals surface area contributed by atoms with Crippen molar-refractivity contribution in [3.8, 4) is 23.7 Å². The van der Waals surface area contributed by atoms with Gasteiger partial charge in [-0.05, 0) is 91.6 Å². The molecule has 3 aromatic rings. The fraction of sp³-hybridized carbons (Fsp3) is 0.179. The molecule has 0 heterocycles.